The van der Waals surface area contributed by atoms with Gasteiger partial charge in [0.1, 0.15) is 11.2 Å². The van der Waals surface area contributed by atoms with Gasteiger partial charge in [-0.1, -0.05) is 97.1 Å². The summed E-state index contributed by atoms with van der Waals surface area (Å²) in [5.74, 6) is 0. The summed E-state index contributed by atoms with van der Waals surface area (Å²) >= 11 is 0. The van der Waals surface area contributed by atoms with Gasteiger partial charge >= 0.3 is 0 Å². The lowest BCUT2D eigenvalue weighted by Gasteiger charge is -2.37. The number of aliphatic hydroxyl groups excluding tert-OH is 1. The SMILES string of the molecule is O=Cc1nn(C(c2ccccc2)(c2ccccc2)c2ccccc2)c2ccc(-c3cncc(CO)c3)cc12. The van der Waals surface area contributed by atoms with Crippen LogP contribution in [0.1, 0.15) is 32.7 Å². The van der Waals surface area contributed by atoms with E-state index in [0.717, 1.165) is 50.6 Å². The summed E-state index contributed by atoms with van der Waals surface area (Å²) in [5.41, 5.74) is 5.94. The normalized spacial score (nSPS) is 11.5. The number of fused-ring (bicyclic) bond motifs is 1. The molecule has 2 heterocycles. The van der Waals surface area contributed by atoms with Crippen molar-refractivity contribution >= 4 is 17.2 Å². The fraction of sp³-hybridized carbons (Fsp3) is 0.0606. The molecule has 0 amide bonds. The largest absolute Gasteiger partial charge is 0.392 e. The number of carbonyl (C=O) groups excluding carboxylic acids is 1. The summed E-state index contributed by atoms with van der Waals surface area (Å²) in [7, 11) is 0. The van der Waals surface area contributed by atoms with Crippen LogP contribution in [0.2, 0.25) is 0 Å². The molecule has 1 N–H and O–H groups in total. The van der Waals surface area contributed by atoms with Gasteiger partial charge in [-0.25, -0.2) is 4.68 Å². The molecule has 0 aliphatic carbocycles. The molecular weight excluding hydrogens is 470 g/mol. The Bertz CT molecular complexity index is 1620. The lowest BCUT2D eigenvalue weighted by atomic mass is 9.77. The standard InChI is InChI=1S/C33H25N3O2/c37-22-24-18-26(21-34-20-24)25-16-17-32-30(19-25)31(23-38)35-36(32)33(27-10-4-1-5-11-27,28-12-6-2-7-13-28)29-14-8-3-9-15-29/h1-21,23,37H,22H2. The average molecular weight is 496 g/mol. The van der Waals surface area contributed by atoms with Crippen LogP contribution in [-0.2, 0) is 12.1 Å². The molecule has 0 saturated heterocycles. The Kier molecular flexibility index (Phi) is 6.12. The zero-order valence-corrected chi connectivity index (χ0v) is 20.6. The van der Waals surface area contributed by atoms with E-state index >= 15 is 0 Å². The Hall–Kier alpha value is -4.87. The maximum absolute atomic E-state index is 12.4. The van der Waals surface area contributed by atoms with E-state index < -0.39 is 5.54 Å². The van der Waals surface area contributed by atoms with Crippen molar-refractivity contribution in [1.82, 2.24) is 14.8 Å². The molecule has 0 aliphatic heterocycles. The molecule has 2 aromatic heterocycles. The minimum atomic E-state index is -0.830. The molecule has 6 rings (SSSR count). The molecule has 0 atom stereocenters. The smallest absolute Gasteiger partial charge is 0.170 e. The second kappa shape index (κ2) is 9.88. The van der Waals surface area contributed by atoms with E-state index in [2.05, 4.69) is 41.4 Å². The Morgan fingerprint density at radius 2 is 1.29 bits per heavy atom. The molecule has 0 unspecified atom stereocenters. The van der Waals surface area contributed by atoms with Crippen molar-refractivity contribution in [3.8, 4) is 11.1 Å². The third kappa shape index (κ3) is 3.81. The summed E-state index contributed by atoms with van der Waals surface area (Å²) in [5, 5.41) is 15.3. The number of aromatic nitrogens is 3. The number of hydrogen-bond donors (Lipinski definition) is 1. The van der Waals surface area contributed by atoms with Gasteiger partial charge in [0.25, 0.3) is 0 Å². The first-order valence-corrected chi connectivity index (χ1v) is 12.5. The van der Waals surface area contributed by atoms with E-state index in [4.69, 9.17) is 5.10 Å². The van der Waals surface area contributed by atoms with Crippen molar-refractivity contribution < 1.29 is 9.90 Å². The topological polar surface area (TPSA) is 68.0 Å². The van der Waals surface area contributed by atoms with Crippen LogP contribution in [-0.4, -0.2) is 26.2 Å². The van der Waals surface area contributed by atoms with Gasteiger partial charge in [0.05, 0.1) is 12.1 Å². The van der Waals surface area contributed by atoms with Gasteiger partial charge < -0.3 is 5.11 Å². The van der Waals surface area contributed by atoms with Crippen molar-refractivity contribution in [2.24, 2.45) is 0 Å². The maximum Gasteiger partial charge on any atom is 0.170 e. The van der Waals surface area contributed by atoms with Crippen LogP contribution in [0.4, 0.5) is 0 Å². The number of aliphatic hydroxyl groups is 1. The predicted molar refractivity (Wildman–Crippen MR) is 149 cm³/mol. The van der Waals surface area contributed by atoms with Crippen molar-refractivity contribution in [3.05, 3.63) is 156 Å². The summed E-state index contributed by atoms with van der Waals surface area (Å²) in [6.45, 7) is -0.0889. The summed E-state index contributed by atoms with van der Waals surface area (Å²) in [6, 6.07) is 38.7. The van der Waals surface area contributed by atoms with Crippen LogP contribution >= 0.6 is 0 Å². The van der Waals surface area contributed by atoms with Crippen molar-refractivity contribution in [2.75, 3.05) is 0 Å². The van der Waals surface area contributed by atoms with Gasteiger partial charge in [0.2, 0.25) is 0 Å². The van der Waals surface area contributed by atoms with E-state index in [-0.39, 0.29) is 6.61 Å². The monoisotopic (exact) mass is 495 g/mol. The quantitative estimate of drug-likeness (QED) is 0.210. The van der Waals surface area contributed by atoms with E-state index in [1.54, 1.807) is 12.4 Å². The fourth-order valence-electron chi connectivity index (χ4n) is 5.30. The Morgan fingerprint density at radius 1 is 0.711 bits per heavy atom. The molecule has 0 radical (unpaired) electrons. The molecule has 5 nitrogen and oxygen atoms in total. The number of pyridine rings is 1. The number of rotatable bonds is 7. The molecule has 0 aliphatic rings. The van der Waals surface area contributed by atoms with Gasteiger partial charge in [0.15, 0.2) is 6.29 Å². The van der Waals surface area contributed by atoms with Gasteiger partial charge in [-0.2, -0.15) is 5.10 Å². The first-order chi connectivity index (χ1) is 18.8. The Balaban J connectivity index is 1.70. The van der Waals surface area contributed by atoms with Crippen molar-refractivity contribution in [1.29, 1.82) is 0 Å². The van der Waals surface area contributed by atoms with Gasteiger partial charge in [-0.15, -0.1) is 0 Å². The molecule has 6 aromatic rings. The van der Waals surface area contributed by atoms with E-state index in [1.165, 1.54) is 0 Å². The van der Waals surface area contributed by atoms with Crippen LogP contribution in [0.15, 0.2) is 128 Å². The number of aldehydes is 1. The lowest BCUT2D eigenvalue weighted by molar-refractivity contribution is 0.111. The zero-order chi connectivity index (χ0) is 26.0. The number of carbonyl (C=O) groups is 1. The zero-order valence-electron chi connectivity index (χ0n) is 20.6. The van der Waals surface area contributed by atoms with Crippen LogP contribution in [0.5, 0.6) is 0 Å². The van der Waals surface area contributed by atoms with E-state index in [1.807, 2.05) is 83.5 Å². The van der Waals surface area contributed by atoms with Gasteiger partial charge in [-0.3, -0.25) is 9.78 Å². The summed E-state index contributed by atoms with van der Waals surface area (Å²) in [6.07, 6.45) is 4.22. The summed E-state index contributed by atoms with van der Waals surface area (Å²) in [4.78, 5) is 16.7. The molecule has 38 heavy (non-hydrogen) atoms. The maximum atomic E-state index is 12.4. The minimum Gasteiger partial charge on any atom is -0.392 e. The van der Waals surface area contributed by atoms with Crippen LogP contribution in [0.3, 0.4) is 0 Å². The van der Waals surface area contributed by atoms with Crippen LogP contribution in [0, 0.1) is 0 Å². The highest BCUT2D eigenvalue weighted by molar-refractivity contribution is 5.98. The predicted octanol–water partition coefficient (Wildman–Crippen LogP) is 6.24. The minimum absolute atomic E-state index is 0.0889. The third-order valence-corrected chi connectivity index (χ3v) is 7.02. The first-order valence-electron chi connectivity index (χ1n) is 12.5. The van der Waals surface area contributed by atoms with E-state index in [9.17, 15) is 9.90 Å². The number of nitrogens with zero attached hydrogens (tertiary/aromatic N) is 3. The molecule has 4 aromatic carbocycles. The second-order valence-electron chi connectivity index (χ2n) is 9.20. The van der Waals surface area contributed by atoms with E-state index in [0.29, 0.717) is 5.69 Å². The van der Waals surface area contributed by atoms with Crippen molar-refractivity contribution in [2.45, 2.75) is 12.1 Å². The highest BCUT2D eigenvalue weighted by Crippen LogP contribution is 2.43. The van der Waals surface area contributed by atoms with Crippen LogP contribution in [0.25, 0.3) is 22.0 Å². The molecular formula is C33H25N3O2. The fourth-order valence-corrected chi connectivity index (χ4v) is 5.30. The molecule has 0 saturated carbocycles. The number of hydrogen-bond acceptors (Lipinski definition) is 4. The van der Waals surface area contributed by atoms with Crippen LogP contribution < -0.4 is 0 Å². The second-order valence-corrected chi connectivity index (χ2v) is 9.20. The molecule has 5 heteroatoms. The Morgan fingerprint density at radius 3 is 1.82 bits per heavy atom. The molecule has 184 valence electrons. The van der Waals surface area contributed by atoms with Gasteiger partial charge in [0, 0.05) is 23.3 Å². The summed E-state index contributed by atoms with van der Waals surface area (Å²) < 4.78 is 1.98. The lowest BCUT2D eigenvalue weighted by Crippen LogP contribution is -2.38. The first kappa shape index (κ1) is 23.5. The highest BCUT2D eigenvalue weighted by Gasteiger charge is 2.40. The molecule has 0 fully saturated rings. The average Bonchev–Trinajstić information content (AvgIpc) is 3.37. The number of benzene rings is 4. The van der Waals surface area contributed by atoms with Crippen molar-refractivity contribution in [3.63, 3.8) is 0 Å². The molecule has 0 spiro atoms. The van der Waals surface area contributed by atoms with Gasteiger partial charge in [-0.05, 0) is 46.0 Å². The third-order valence-electron chi connectivity index (χ3n) is 7.02. The highest BCUT2D eigenvalue weighted by atomic mass is 16.3. The Labute approximate surface area is 220 Å². The molecule has 0 bridgehead atoms.